The summed E-state index contributed by atoms with van der Waals surface area (Å²) in [6.07, 6.45) is 27.5. The van der Waals surface area contributed by atoms with Crippen molar-refractivity contribution in [2.24, 2.45) is 0 Å². The minimum Gasteiger partial charge on any atom is -0.0956 e. The summed E-state index contributed by atoms with van der Waals surface area (Å²) in [5.74, 6) is 0. The van der Waals surface area contributed by atoms with E-state index in [1.165, 1.54) is 150 Å². The van der Waals surface area contributed by atoms with Gasteiger partial charge in [-0.1, -0.05) is 249 Å². The van der Waals surface area contributed by atoms with Gasteiger partial charge in [-0.2, -0.15) is 0 Å². The van der Waals surface area contributed by atoms with Crippen LogP contribution >= 0.6 is 15.8 Å². The molecule has 0 fully saturated rings. The van der Waals surface area contributed by atoms with Crippen molar-refractivity contribution in [3.05, 3.63) is 83.9 Å². The summed E-state index contributed by atoms with van der Waals surface area (Å²) in [6.45, 7) is 29.6. The van der Waals surface area contributed by atoms with Crippen LogP contribution in [-0.4, -0.2) is 32.9 Å². The van der Waals surface area contributed by atoms with Crippen molar-refractivity contribution in [3.63, 3.8) is 0 Å². The molecule has 0 heterocycles. The molecule has 314 valence electrons. The second-order valence-corrected chi connectivity index (χ2v) is 29.0. The minimum atomic E-state index is 0.0493. The van der Waals surface area contributed by atoms with Gasteiger partial charge in [0.15, 0.2) is 0 Å². The average molecular weight is 799 g/mol. The van der Waals surface area contributed by atoms with Gasteiger partial charge in [0.05, 0.1) is 0 Å². The first-order valence-electron chi connectivity index (χ1n) is 23.2. The maximum Gasteiger partial charge on any atom is -0.0102 e. The molecule has 0 amide bonds. The van der Waals surface area contributed by atoms with E-state index in [2.05, 4.69) is 156 Å². The Morgan fingerprint density at radius 2 is 0.571 bits per heavy atom. The van der Waals surface area contributed by atoms with Crippen molar-refractivity contribution in [2.75, 3.05) is 12.3 Å². The van der Waals surface area contributed by atoms with Crippen LogP contribution in [0.4, 0.5) is 0 Å². The van der Waals surface area contributed by atoms with Crippen LogP contribution in [0.1, 0.15) is 197 Å². The van der Waals surface area contributed by atoms with Gasteiger partial charge in [0.25, 0.3) is 0 Å². The normalized spacial score (nSPS) is 13.0. The lowest BCUT2D eigenvalue weighted by atomic mass is 9.87. The molecule has 0 nitrogen and oxygen atoms in total. The highest BCUT2D eigenvalue weighted by Crippen LogP contribution is 2.60. The Kier molecular flexibility index (Phi) is 20.9. The van der Waals surface area contributed by atoms with E-state index in [0.717, 1.165) is 0 Å². The highest BCUT2D eigenvalue weighted by molar-refractivity contribution is 7.61. The van der Waals surface area contributed by atoms with Crippen LogP contribution in [0.2, 0.25) is 0 Å². The molecule has 0 atom stereocenters. The predicted octanol–water partition coefficient (Wildman–Crippen LogP) is 18.5. The van der Waals surface area contributed by atoms with Gasteiger partial charge in [-0.15, -0.1) is 0 Å². The van der Waals surface area contributed by atoms with Crippen molar-refractivity contribution < 1.29 is 0 Å². The zero-order valence-electron chi connectivity index (χ0n) is 39.0. The molecule has 0 saturated heterocycles. The standard InChI is InChI=1S/C54H88P2/c1-51(2,3)55(52(4,5)6)41-33-23-19-15-13-17-21-27-39-47-43-49(45-35-29-25-30-36-45)50(46-37-31-26-32-38-46)44-48(47)40-28-22-18-14-16-20-24-34-42-56(53(7,8)9)54(10,11)12/h25-26,29-32,35-38,43-44H,13-24,27-28,33-34,39-42H2,1-12H3. The number of hydrogen-bond donors (Lipinski definition) is 0. The SMILES string of the molecule is CC(C)(C)P(CCCCCCCCCCc1cc(-c2ccccc2)c(-c2ccccc2)cc1CCCCCCCCCCP(C(C)(C)C)C(C)(C)C)C(C)(C)C. The fourth-order valence-electron chi connectivity index (χ4n) is 9.51. The Morgan fingerprint density at radius 1 is 0.321 bits per heavy atom. The third-order valence-corrected chi connectivity index (χ3v) is 19.9. The lowest BCUT2D eigenvalue weighted by Gasteiger charge is -2.41. The summed E-state index contributed by atoms with van der Waals surface area (Å²) < 4.78 is 0. The van der Waals surface area contributed by atoms with Crippen LogP contribution in [0.3, 0.4) is 0 Å². The number of rotatable bonds is 24. The second kappa shape index (κ2) is 23.9. The van der Waals surface area contributed by atoms with Crippen LogP contribution in [0.25, 0.3) is 22.3 Å². The van der Waals surface area contributed by atoms with Gasteiger partial charge >= 0.3 is 0 Å². The van der Waals surface area contributed by atoms with Crippen molar-refractivity contribution >= 4 is 15.8 Å². The molecule has 0 unspecified atom stereocenters. The fourth-order valence-corrected chi connectivity index (χ4v) is 17.3. The van der Waals surface area contributed by atoms with Crippen LogP contribution < -0.4 is 0 Å². The highest BCUT2D eigenvalue weighted by Gasteiger charge is 2.34. The first-order valence-corrected chi connectivity index (χ1v) is 26.3. The van der Waals surface area contributed by atoms with E-state index in [9.17, 15) is 0 Å². The lowest BCUT2D eigenvalue weighted by Crippen LogP contribution is -2.26. The van der Waals surface area contributed by atoms with Crippen LogP contribution in [0.15, 0.2) is 72.8 Å². The molecule has 56 heavy (non-hydrogen) atoms. The molecule has 2 heteroatoms. The van der Waals surface area contributed by atoms with E-state index >= 15 is 0 Å². The maximum absolute atomic E-state index is 2.59. The molecule has 0 saturated carbocycles. The molecule has 3 aromatic rings. The Morgan fingerprint density at radius 3 is 0.839 bits per heavy atom. The van der Waals surface area contributed by atoms with Gasteiger partial charge in [0.1, 0.15) is 0 Å². The van der Waals surface area contributed by atoms with Gasteiger partial charge in [-0.3, -0.25) is 0 Å². The van der Waals surface area contributed by atoms with E-state index in [1.807, 2.05) is 0 Å². The summed E-state index contributed by atoms with van der Waals surface area (Å²) in [4.78, 5) is 0. The number of benzene rings is 3. The third-order valence-electron chi connectivity index (χ3n) is 11.9. The summed E-state index contributed by atoms with van der Waals surface area (Å²) in [5, 5.41) is 1.83. The van der Waals surface area contributed by atoms with E-state index < -0.39 is 0 Å². The topological polar surface area (TPSA) is 0 Å². The van der Waals surface area contributed by atoms with E-state index in [1.54, 1.807) is 11.1 Å². The van der Waals surface area contributed by atoms with Gasteiger partial charge in [0, 0.05) is 0 Å². The molecule has 0 aliphatic rings. The van der Waals surface area contributed by atoms with Gasteiger partial charge in [0.2, 0.25) is 0 Å². The van der Waals surface area contributed by atoms with Crippen molar-refractivity contribution in [1.29, 1.82) is 0 Å². The summed E-state index contributed by atoms with van der Waals surface area (Å²) in [6, 6.07) is 27.4. The minimum absolute atomic E-state index is 0.0493. The third kappa shape index (κ3) is 17.8. The average Bonchev–Trinajstić information content (AvgIpc) is 3.11. The largest absolute Gasteiger partial charge is 0.0956 e. The van der Waals surface area contributed by atoms with Crippen molar-refractivity contribution in [1.82, 2.24) is 0 Å². The van der Waals surface area contributed by atoms with Crippen molar-refractivity contribution in [2.45, 2.75) is 219 Å². The zero-order chi connectivity index (χ0) is 41.2. The van der Waals surface area contributed by atoms with E-state index in [4.69, 9.17) is 0 Å². The first kappa shape index (κ1) is 48.9. The molecule has 3 aromatic carbocycles. The molecular weight excluding hydrogens is 711 g/mol. The van der Waals surface area contributed by atoms with E-state index in [-0.39, 0.29) is 15.8 Å². The van der Waals surface area contributed by atoms with Crippen LogP contribution in [-0.2, 0) is 12.8 Å². The number of aryl methyl sites for hydroxylation is 2. The van der Waals surface area contributed by atoms with E-state index in [0.29, 0.717) is 20.6 Å². The summed E-state index contributed by atoms with van der Waals surface area (Å²) >= 11 is 0. The van der Waals surface area contributed by atoms with Crippen LogP contribution in [0, 0.1) is 0 Å². The lowest BCUT2D eigenvalue weighted by molar-refractivity contribution is 0.570. The summed E-state index contributed by atoms with van der Waals surface area (Å²) in [7, 11) is 0.0987. The zero-order valence-corrected chi connectivity index (χ0v) is 40.8. The Bertz CT molecular complexity index is 1330. The molecule has 0 aromatic heterocycles. The van der Waals surface area contributed by atoms with Gasteiger partial charge in [-0.05, 0) is 105 Å². The molecule has 0 N–H and O–H groups in total. The van der Waals surface area contributed by atoms with Gasteiger partial charge < -0.3 is 0 Å². The highest BCUT2D eigenvalue weighted by atomic mass is 31.1. The fraction of sp³-hybridized carbons (Fsp3) is 0.667. The number of unbranched alkanes of at least 4 members (excludes halogenated alkanes) is 14. The second-order valence-electron chi connectivity index (χ2n) is 21.0. The van der Waals surface area contributed by atoms with Crippen LogP contribution in [0.5, 0.6) is 0 Å². The van der Waals surface area contributed by atoms with Crippen molar-refractivity contribution in [3.8, 4) is 22.3 Å². The monoisotopic (exact) mass is 799 g/mol. The molecule has 0 radical (unpaired) electrons. The predicted molar refractivity (Wildman–Crippen MR) is 261 cm³/mol. The Labute approximate surface area is 352 Å². The Hall–Kier alpha value is -1.48. The Balaban J connectivity index is 1.52. The quantitative estimate of drug-likeness (QED) is 0.0625. The molecule has 0 aliphatic carbocycles. The molecule has 0 bridgehead atoms. The summed E-state index contributed by atoms with van der Waals surface area (Å²) in [5.41, 5.74) is 8.67. The molecule has 0 aliphatic heterocycles. The first-order chi connectivity index (χ1) is 26.4. The smallest absolute Gasteiger partial charge is 0.0102 e. The number of hydrogen-bond acceptors (Lipinski definition) is 0. The molecule has 0 spiro atoms. The maximum atomic E-state index is 2.59. The molecular formula is C54H88P2. The van der Waals surface area contributed by atoms with Gasteiger partial charge in [-0.25, -0.2) is 0 Å². The molecule has 3 rings (SSSR count).